The minimum atomic E-state index is 0.609. The van der Waals surface area contributed by atoms with Gasteiger partial charge in [0.2, 0.25) is 0 Å². The molecule has 0 amide bonds. The van der Waals surface area contributed by atoms with Crippen molar-refractivity contribution < 1.29 is 0 Å². The van der Waals surface area contributed by atoms with Gasteiger partial charge in [0.25, 0.3) is 0 Å². The molecule has 0 aliphatic carbocycles. The van der Waals surface area contributed by atoms with E-state index < -0.39 is 0 Å². The normalized spacial score (nSPS) is 9.94. The van der Waals surface area contributed by atoms with Crippen molar-refractivity contribution in [3.63, 3.8) is 0 Å². The molecular weight excluding hydrogens is 280 g/mol. The van der Waals surface area contributed by atoms with E-state index in [9.17, 15) is 0 Å². The fraction of sp³-hybridized carbons (Fsp3) is 0.167. The molecule has 0 fully saturated rings. The molecule has 1 aromatic carbocycles. The fourth-order valence-corrected chi connectivity index (χ4v) is 1.84. The van der Waals surface area contributed by atoms with Gasteiger partial charge in [0.15, 0.2) is 0 Å². The van der Waals surface area contributed by atoms with Crippen LogP contribution in [0.15, 0.2) is 35.1 Å². The van der Waals surface area contributed by atoms with Crippen LogP contribution >= 0.6 is 15.9 Å². The third-order valence-corrected chi connectivity index (χ3v) is 2.83. The Hall–Kier alpha value is -1.80. The Balaban J connectivity index is 2.29. The highest BCUT2D eigenvalue weighted by molar-refractivity contribution is 9.10. The Kier molecular flexibility index (Phi) is 3.45. The van der Waals surface area contributed by atoms with E-state index in [1.807, 2.05) is 29.9 Å². The van der Waals surface area contributed by atoms with Crippen LogP contribution in [0.3, 0.4) is 0 Å². The molecule has 0 radical (unpaired) electrons. The van der Waals surface area contributed by atoms with Crippen molar-refractivity contribution in [2.75, 3.05) is 5.32 Å². The summed E-state index contributed by atoms with van der Waals surface area (Å²) in [5.41, 5.74) is 2.26. The number of nitrogens with one attached hydrogen (secondary N) is 1. The second kappa shape index (κ2) is 5.02. The number of hydrogen-bond donors (Lipinski definition) is 1. The maximum Gasteiger partial charge on any atom is 0.101 e. The zero-order valence-electron chi connectivity index (χ0n) is 9.31. The molecule has 2 aromatic rings. The summed E-state index contributed by atoms with van der Waals surface area (Å²) in [6.45, 7) is 2.85. The van der Waals surface area contributed by atoms with Gasteiger partial charge in [-0.3, -0.25) is 4.68 Å². The lowest BCUT2D eigenvalue weighted by Crippen LogP contribution is -1.94. The van der Waals surface area contributed by atoms with Crippen LogP contribution in [0, 0.1) is 11.3 Å². The lowest BCUT2D eigenvalue weighted by molar-refractivity contribution is 0.660. The van der Waals surface area contributed by atoms with Crippen molar-refractivity contribution in [1.82, 2.24) is 9.78 Å². The molecule has 4 nitrogen and oxygen atoms in total. The van der Waals surface area contributed by atoms with Crippen molar-refractivity contribution in [2.45, 2.75) is 13.5 Å². The third-order valence-electron chi connectivity index (χ3n) is 2.34. The Morgan fingerprint density at radius 2 is 2.35 bits per heavy atom. The summed E-state index contributed by atoms with van der Waals surface area (Å²) < 4.78 is 2.76. The van der Waals surface area contributed by atoms with E-state index in [2.05, 4.69) is 32.4 Å². The lowest BCUT2D eigenvalue weighted by Gasteiger charge is -2.06. The molecule has 0 aliphatic rings. The lowest BCUT2D eigenvalue weighted by atomic mass is 10.2. The number of benzene rings is 1. The number of nitriles is 1. The molecule has 0 atom stereocenters. The Labute approximate surface area is 108 Å². The average molecular weight is 291 g/mol. The largest absolute Gasteiger partial charge is 0.352 e. The number of aromatic nitrogens is 2. The van der Waals surface area contributed by atoms with Gasteiger partial charge in [0.1, 0.15) is 6.07 Å². The first-order chi connectivity index (χ1) is 8.22. The first kappa shape index (κ1) is 11.7. The van der Waals surface area contributed by atoms with Crippen LogP contribution in [0.4, 0.5) is 11.4 Å². The molecule has 2 rings (SSSR count). The van der Waals surface area contributed by atoms with Gasteiger partial charge < -0.3 is 5.32 Å². The zero-order valence-corrected chi connectivity index (χ0v) is 10.9. The first-order valence-electron chi connectivity index (χ1n) is 5.22. The first-order valence-corrected chi connectivity index (χ1v) is 6.01. The number of aryl methyl sites for hydroxylation is 1. The van der Waals surface area contributed by atoms with Gasteiger partial charge in [-0.05, 0) is 25.1 Å². The smallest absolute Gasteiger partial charge is 0.101 e. The van der Waals surface area contributed by atoms with E-state index in [-0.39, 0.29) is 0 Å². The summed E-state index contributed by atoms with van der Waals surface area (Å²) in [6.07, 6.45) is 3.65. The molecule has 17 heavy (non-hydrogen) atoms. The molecule has 1 aromatic heterocycles. The molecule has 1 heterocycles. The SMILES string of the molecule is CCn1cc(Nc2cc(Br)ccc2C#N)cn1. The highest BCUT2D eigenvalue weighted by Gasteiger charge is 2.04. The second-order valence-corrected chi connectivity index (χ2v) is 4.43. The van der Waals surface area contributed by atoms with Crippen LogP contribution in [0.2, 0.25) is 0 Å². The summed E-state index contributed by atoms with van der Waals surface area (Å²) in [7, 11) is 0. The molecule has 5 heteroatoms. The number of hydrogen-bond acceptors (Lipinski definition) is 3. The minimum absolute atomic E-state index is 0.609. The van der Waals surface area contributed by atoms with Crippen molar-refractivity contribution in [1.29, 1.82) is 5.26 Å². The molecule has 0 unspecified atom stereocenters. The van der Waals surface area contributed by atoms with Crippen LogP contribution in [0.5, 0.6) is 0 Å². The quantitative estimate of drug-likeness (QED) is 0.944. The van der Waals surface area contributed by atoms with Gasteiger partial charge in [-0.2, -0.15) is 10.4 Å². The van der Waals surface area contributed by atoms with Gasteiger partial charge in [-0.1, -0.05) is 15.9 Å². The number of anilines is 2. The monoisotopic (exact) mass is 290 g/mol. The predicted molar refractivity (Wildman–Crippen MR) is 70.0 cm³/mol. The number of halogens is 1. The standard InChI is InChI=1S/C12H11BrN4/c1-2-17-8-11(7-15-17)16-12-5-10(13)4-3-9(12)6-14/h3-5,7-8,16H,2H2,1H3. The Bertz CT molecular complexity index is 568. The van der Waals surface area contributed by atoms with Crippen LogP contribution < -0.4 is 5.32 Å². The van der Waals surface area contributed by atoms with E-state index in [0.29, 0.717) is 5.56 Å². The van der Waals surface area contributed by atoms with Crippen molar-refractivity contribution in [3.05, 3.63) is 40.6 Å². The van der Waals surface area contributed by atoms with Gasteiger partial charge in [0, 0.05) is 17.2 Å². The number of rotatable bonds is 3. The summed E-state index contributed by atoms with van der Waals surface area (Å²) in [4.78, 5) is 0. The van der Waals surface area contributed by atoms with E-state index in [4.69, 9.17) is 5.26 Å². The Morgan fingerprint density at radius 1 is 1.53 bits per heavy atom. The second-order valence-electron chi connectivity index (χ2n) is 3.51. The van der Waals surface area contributed by atoms with Crippen LogP contribution in [-0.4, -0.2) is 9.78 Å². The Morgan fingerprint density at radius 3 is 3.00 bits per heavy atom. The van der Waals surface area contributed by atoms with Gasteiger partial charge in [0.05, 0.1) is 23.1 Å². The van der Waals surface area contributed by atoms with Gasteiger partial charge in [-0.15, -0.1) is 0 Å². The zero-order chi connectivity index (χ0) is 12.3. The molecule has 0 aliphatic heterocycles. The summed E-state index contributed by atoms with van der Waals surface area (Å²) in [6, 6.07) is 7.65. The summed E-state index contributed by atoms with van der Waals surface area (Å²) in [5.74, 6) is 0. The number of nitrogens with zero attached hydrogens (tertiary/aromatic N) is 3. The summed E-state index contributed by atoms with van der Waals surface area (Å²) in [5, 5.41) is 16.4. The molecule has 0 bridgehead atoms. The van der Waals surface area contributed by atoms with Crippen molar-refractivity contribution in [3.8, 4) is 6.07 Å². The highest BCUT2D eigenvalue weighted by atomic mass is 79.9. The molecule has 1 N–H and O–H groups in total. The fourth-order valence-electron chi connectivity index (χ4n) is 1.47. The average Bonchev–Trinajstić information content (AvgIpc) is 2.77. The molecule has 0 spiro atoms. The maximum absolute atomic E-state index is 9.01. The molecular formula is C12H11BrN4. The van der Waals surface area contributed by atoms with Gasteiger partial charge in [-0.25, -0.2) is 0 Å². The van der Waals surface area contributed by atoms with E-state index >= 15 is 0 Å². The topological polar surface area (TPSA) is 53.6 Å². The van der Waals surface area contributed by atoms with Crippen molar-refractivity contribution >= 4 is 27.3 Å². The van der Waals surface area contributed by atoms with E-state index in [1.165, 1.54) is 0 Å². The van der Waals surface area contributed by atoms with Crippen molar-refractivity contribution in [2.24, 2.45) is 0 Å². The molecule has 0 saturated carbocycles. The van der Waals surface area contributed by atoms with Crippen LogP contribution in [0.1, 0.15) is 12.5 Å². The van der Waals surface area contributed by atoms with Gasteiger partial charge >= 0.3 is 0 Å². The highest BCUT2D eigenvalue weighted by Crippen LogP contribution is 2.24. The third kappa shape index (κ3) is 2.66. The molecule has 86 valence electrons. The van der Waals surface area contributed by atoms with E-state index in [0.717, 1.165) is 22.4 Å². The minimum Gasteiger partial charge on any atom is -0.352 e. The predicted octanol–water partition coefficient (Wildman–Crippen LogP) is 3.28. The maximum atomic E-state index is 9.01. The summed E-state index contributed by atoms with van der Waals surface area (Å²) >= 11 is 3.39. The van der Waals surface area contributed by atoms with Crippen LogP contribution in [0.25, 0.3) is 0 Å². The van der Waals surface area contributed by atoms with Crippen LogP contribution in [-0.2, 0) is 6.54 Å². The van der Waals surface area contributed by atoms with E-state index in [1.54, 1.807) is 12.3 Å². The molecule has 0 saturated heterocycles.